The van der Waals surface area contributed by atoms with Crippen LogP contribution in [-0.2, 0) is 11.3 Å². The normalized spacial score (nSPS) is 15.1. The Labute approximate surface area is 185 Å². The van der Waals surface area contributed by atoms with Crippen molar-refractivity contribution < 1.29 is 9.47 Å². The van der Waals surface area contributed by atoms with Gasteiger partial charge in [0.2, 0.25) is 0 Å². The lowest BCUT2D eigenvalue weighted by molar-refractivity contribution is 0.126. The van der Waals surface area contributed by atoms with Crippen molar-refractivity contribution in [2.24, 2.45) is 4.99 Å². The lowest BCUT2D eigenvalue weighted by atomic mass is 10.1. The fourth-order valence-electron chi connectivity index (χ4n) is 3.64. The summed E-state index contributed by atoms with van der Waals surface area (Å²) in [6.07, 6.45) is 4.06. The number of hydrogen-bond acceptors (Lipinski definition) is 5. The zero-order chi connectivity index (χ0) is 21.9. The third-order valence-corrected chi connectivity index (χ3v) is 5.36. The van der Waals surface area contributed by atoms with E-state index in [0.717, 1.165) is 55.6 Å². The van der Waals surface area contributed by atoms with Crippen LogP contribution in [0, 0.1) is 6.92 Å². The van der Waals surface area contributed by atoms with E-state index in [-0.39, 0.29) is 0 Å². The number of rotatable bonds is 9. The molecule has 2 N–H and O–H groups in total. The lowest BCUT2D eigenvalue weighted by Crippen LogP contribution is -2.49. The maximum Gasteiger partial charge on any atom is 0.191 e. The smallest absolute Gasteiger partial charge is 0.191 e. The molecule has 0 atom stereocenters. The molecule has 7 heteroatoms. The van der Waals surface area contributed by atoms with Crippen LogP contribution in [0.15, 0.2) is 47.6 Å². The molecule has 0 amide bonds. The summed E-state index contributed by atoms with van der Waals surface area (Å²) in [5.74, 6) is 2.78. The Balaban J connectivity index is 1.42. The first-order chi connectivity index (χ1) is 15.2. The maximum atomic E-state index is 5.80. The number of benzene rings is 1. The molecule has 1 aliphatic heterocycles. The van der Waals surface area contributed by atoms with Gasteiger partial charge in [0.15, 0.2) is 5.96 Å². The average Bonchev–Trinajstić information content (AvgIpc) is 2.80. The number of nitrogens with one attached hydrogen (secondary N) is 2. The van der Waals surface area contributed by atoms with Crippen molar-refractivity contribution in [2.45, 2.75) is 39.3 Å². The molecule has 1 aromatic heterocycles. The minimum absolute atomic E-state index is 0.411. The molecule has 0 spiro atoms. The van der Waals surface area contributed by atoms with Crippen LogP contribution in [0.4, 0.5) is 5.82 Å². The Bertz CT molecular complexity index is 817. The van der Waals surface area contributed by atoms with Gasteiger partial charge in [0.05, 0.1) is 26.9 Å². The summed E-state index contributed by atoms with van der Waals surface area (Å²) >= 11 is 0. The van der Waals surface area contributed by atoms with Gasteiger partial charge in [-0.3, -0.25) is 4.99 Å². The van der Waals surface area contributed by atoms with Gasteiger partial charge in [-0.2, -0.15) is 0 Å². The highest BCUT2D eigenvalue weighted by atomic mass is 16.5. The molecule has 0 bridgehead atoms. The van der Waals surface area contributed by atoms with Gasteiger partial charge in [-0.15, -0.1) is 0 Å². The van der Waals surface area contributed by atoms with Crippen molar-refractivity contribution in [1.82, 2.24) is 15.6 Å². The van der Waals surface area contributed by atoms with Gasteiger partial charge < -0.3 is 25.0 Å². The molecule has 7 nitrogen and oxygen atoms in total. The van der Waals surface area contributed by atoms with E-state index in [9.17, 15) is 0 Å². The Morgan fingerprint density at radius 1 is 1.19 bits per heavy atom. The lowest BCUT2D eigenvalue weighted by Gasteiger charge is -2.33. The van der Waals surface area contributed by atoms with E-state index in [2.05, 4.69) is 51.5 Å². The Hall–Kier alpha value is -2.80. The standard InChI is InChI=1S/C24H35N5O2/c1-4-25-24(26-13-16-31-18-20-7-5-6-8-22(20)30-3)28-21-11-14-29(15-12-21)23-10-9-19(2)17-27-23/h5-10,17,21H,4,11-16,18H2,1-3H3,(H2,25,26,28). The number of guanidine groups is 1. The molecule has 1 aromatic carbocycles. The number of anilines is 1. The second kappa shape index (κ2) is 12.2. The molecule has 1 saturated heterocycles. The average molecular weight is 426 g/mol. The van der Waals surface area contributed by atoms with Crippen molar-refractivity contribution in [1.29, 1.82) is 0 Å². The molecule has 1 aliphatic rings. The first kappa shape index (κ1) is 22.9. The molecule has 0 saturated carbocycles. The third-order valence-electron chi connectivity index (χ3n) is 5.36. The highest BCUT2D eigenvalue weighted by Gasteiger charge is 2.20. The second-order valence-corrected chi connectivity index (χ2v) is 7.72. The van der Waals surface area contributed by atoms with Crippen LogP contribution >= 0.6 is 0 Å². The van der Waals surface area contributed by atoms with Gasteiger partial charge in [-0.05, 0) is 44.4 Å². The quantitative estimate of drug-likeness (QED) is 0.365. The first-order valence-corrected chi connectivity index (χ1v) is 11.1. The molecule has 0 unspecified atom stereocenters. The largest absolute Gasteiger partial charge is 0.496 e. The molecular weight excluding hydrogens is 390 g/mol. The van der Waals surface area contributed by atoms with Crippen LogP contribution in [0.5, 0.6) is 5.75 Å². The summed E-state index contributed by atoms with van der Waals surface area (Å²) in [5.41, 5.74) is 2.24. The minimum atomic E-state index is 0.411. The number of methoxy groups -OCH3 is 1. The van der Waals surface area contributed by atoms with Crippen molar-refractivity contribution in [2.75, 3.05) is 44.8 Å². The predicted octanol–water partition coefficient (Wildman–Crippen LogP) is 3.14. The number of aromatic nitrogens is 1. The molecule has 0 radical (unpaired) electrons. The van der Waals surface area contributed by atoms with Crippen molar-refractivity contribution >= 4 is 11.8 Å². The Morgan fingerprint density at radius 3 is 2.71 bits per heavy atom. The van der Waals surface area contributed by atoms with E-state index in [1.807, 2.05) is 30.5 Å². The summed E-state index contributed by atoms with van der Waals surface area (Å²) in [4.78, 5) is 11.6. The van der Waals surface area contributed by atoms with E-state index in [0.29, 0.717) is 25.8 Å². The number of ether oxygens (including phenoxy) is 2. The molecule has 3 rings (SSSR count). The van der Waals surface area contributed by atoms with Gasteiger partial charge in [-0.25, -0.2) is 4.98 Å². The molecular formula is C24H35N5O2. The van der Waals surface area contributed by atoms with Gasteiger partial charge in [0.1, 0.15) is 11.6 Å². The molecule has 31 heavy (non-hydrogen) atoms. The zero-order valence-electron chi connectivity index (χ0n) is 18.9. The maximum absolute atomic E-state index is 5.80. The molecule has 168 valence electrons. The summed E-state index contributed by atoms with van der Waals surface area (Å²) in [6.45, 7) is 8.67. The van der Waals surface area contributed by atoms with Gasteiger partial charge in [-0.1, -0.05) is 24.3 Å². The fraction of sp³-hybridized carbons (Fsp3) is 0.500. The summed E-state index contributed by atoms with van der Waals surface area (Å²) in [7, 11) is 1.68. The SMILES string of the molecule is CCNC(=NCCOCc1ccccc1OC)NC1CCN(c2ccc(C)cn2)CC1. The van der Waals surface area contributed by atoms with Crippen LogP contribution in [0.2, 0.25) is 0 Å². The van der Waals surface area contributed by atoms with Crippen molar-refractivity contribution in [3.8, 4) is 5.75 Å². The van der Waals surface area contributed by atoms with Gasteiger partial charge in [0, 0.05) is 37.4 Å². The third kappa shape index (κ3) is 7.14. The minimum Gasteiger partial charge on any atom is -0.496 e. The second-order valence-electron chi connectivity index (χ2n) is 7.72. The van der Waals surface area contributed by atoms with Crippen LogP contribution in [-0.4, -0.2) is 56.9 Å². The first-order valence-electron chi connectivity index (χ1n) is 11.1. The Kier molecular flexibility index (Phi) is 8.97. The van der Waals surface area contributed by atoms with Crippen LogP contribution in [0.3, 0.4) is 0 Å². The van der Waals surface area contributed by atoms with E-state index in [4.69, 9.17) is 9.47 Å². The predicted molar refractivity (Wildman–Crippen MR) is 126 cm³/mol. The van der Waals surface area contributed by atoms with Crippen LogP contribution in [0.25, 0.3) is 0 Å². The fourth-order valence-corrected chi connectivity index (χ4v) is 3.64. The van der Waals surface area contributed by atoms with Gasteiger partial charge >= 0.3 is 0 Å². The number of piperidine rings is 1. The van der Waals surface area contributed by atoms with E-state index < -0.39 is 0 Å². The van der Waals surface area contributed by atoms with Crippen LogP contribution in [0.1, 0.15) is 30.9 Å². The van der Waals surface area contributed by atoms with Gasteiger partial charge in [0.25, 0.3) is 0 Å². The van der Waals surface area contributed by atoms with Crippen molar-refractivity contribution in [3.05, 3.63) is 53.7 Å². The van der Waals surface area contributed by atoms with Crippen LogP contribution < -0.4 is 20.3 Å². The summed E-state index contributed by atoms with van der Waals surface area (Å²) in [5, 5.41) is 6.92. The number of aliphatic imine (C=N–C) groups is 1. The molecule has 0 aliphatic carbocycles. The number of para-hydroxylation sites is 1. The van der Waals surface area contributed by atoms with E-state index >= 15 is 0 Å². The zero-order valence-corrected chi connectivity index (χ0v) is 18.9. The van der Waals surface area contributed by atoms with E-state index in [1.54, 1.807) is 7.11 Å². The molecule has 1 fully saturated rings. The number of pyridine rings is 1. The van der Waals surface area contributed by atoms with Crippen molar-refractivity contribution in [3.63, 3.8) is 0 Å². The topological polar surface area (TPSA) is 71.0 Å². The number of hydrogen-bond donors (Lipinski definition) is 2. The molecule has 2 aromatic rings. The summed E-state index contributed by atoms with van der Waals surface area (Å²) in [6, 6.07) is 12.6. The monoisotopic (exact) mass is 425 g/mol. The summed E-state index contributed by atoms with van der Waals surface area (Å²) < 4.78 is 11.2. The Morgan fingerprint density at radius 2 is 2.00 bits per heavy atom. The highest BCUT2D eigenvalue weighted by molar-refractivity contribution is 5.80. The highest BCUT2D eigenvalue weighted by Crippen LogP contribution is 2.19. The van der Waals surface area contributed by atoms with E-state index in [1.165, 1.54) is 5.56 Å². The molecule has 2 heterocycles. The number of nitrogens with zero attached hydrogens (tertiary/aromatic N) is 3. The number of aryl methyl sites for hydroxylation is 1.